The van der Waals surface area contributed by atoms with Crippen molar-refractivity contribution >= 4 is 34.6 Å². The summed E-state index contributed by atoms with van der Waals surface area (Å²) >= 11 is 6.17. The lowest BCUT2D eigenvalue weighted by molar-refractivity contribution is -0.125. The van der Waals surface area contributed by atoms with Gasteiger partial charge in [0.1, 0.15) is 11.3 Å². The molecule has 1 aliphatic carbocycles. The van der Waals surface area contributed by atoms with Crippen molar-refractivity contribution in [1.82, 2.24) is 15.4 Å². The number of likely N-dealkylation sites (tertiary alicyclic amines) is 1. The van der Waals surface area contributed by atoms with Crippen LogP contribution in [0, 0.1) is 17.8 Å². The topological polar surface area (TPSA) is 84.7 Å². The van der Waals surface area contributed by atoms with Gasteiger partial charge in [-0.05, 0) is 58.6 Å². The van der Waals surface area contributed by atoms with Crippen LogP contribution in [0.3, 0.4) is 0 Å². The number of para-hydroxylation sites is 1. The van der Waals surface area contributed by atoms with Crippen molar-refractivity contribution in [1.29, 1.82) is 0 Å². The molecule has 0 bridgehead atoms. The summed E-state index contributed by atoms with van der Waals surface area (Å²) in [6.45, 7) is 10.5. The van der Waals surface area contributed by atoms with E-state index in [9.17, 15) is 9.59 Å². The molecule has 1 aliphatic heterocycles. The number of benzene rings is 1. The Morgan fingerprint density at radius 1 is 1.21 bits per heavy atom. The van der Waals surface area contributed by atoms with Gasteiger partial charge >= 0.3 is 6.09 Å². The molecule has 1 saturated heterocycles. The van der Waals surface area contributed by atoms with Crippen molar-refractivity contribution in [2.45, 2.75) is 45.8 Å². The summed E-state index contributed by atoms with van der Waals surface area (Å²) in [4.78, 5) is 26.8. The van der Waals surface area contributed by atoms with Crippen LogP contribution in [-0.4, -0.2) is 40.7 Å². The second-order valence-electron chi connectivity index (χ2n) is 9.50. The van der Waals surface area contributed by atoms with Gasteiger partial charge in [-0.15, -0.1) is 0 Å². The van der Waals surface area contributed by atoms with E-state index in [0.717, 1.165) is 5.39 Å². The van der Waals surface area contributed by atoms with Gasteiger partial charge in [0.25, 0.3) is 0 Å². The fourth-order valence-corrected chi connectivity index (χ4v) is 4.43. The maximum atomic E-state index is 12.9. The molecule has 1 saturated carbocycles. The van der Waals surface area contributed by atoms with Crippen LogP contribution in [-0.2, 0) is 15.1 Å². The molecule has 1 N–H and O–H groups in total. The molecule has 4 rings (SSSR count). The van der Waals surface area contributed by atoms with Crippen molar-refractivity contribution in [3.63, 3.8) is 0 Å². The molecule has 2 fully saturated rings. The number of amides is 2. The molecule has 7 nitrogen and oxygen atoms in total. The first-order valence-corrected chi connectivity index (χ1v) is 10.2. The largest absolute Gasteiger partial charge is 0.444 e. The molecule has 0 radical (unpaired) electrons. The third kappa shape index (κ3) is 3.68. The standard InChI is InChI=1S/C21H26ClN3O4/c1-20(2,3)28-19(27)25-9-12-13(10-25)15(12)18(26)23-21(4,5)17-11-7-6-8-14(22)16(11)29-24-17/h6-8,12-13,15H,9-10H2,1-5H3,(H,23,26)/t12-,13+,15+. The Labute approximate surface area is 174 Å². The molecule has 29 heavy (non-hydrogen) atoms. The summed E-state index contributed by atoms with van der Waals surface area (Å²) < 4.78 is 10.8. The second-order valence-corrected chi connectivity index (χ2v) is 9.91. The Morgan fingerprint density at radius 2 is 1.86 bits per heavy atom. The lowest BCUT2D eigenvalue weighted by atomic mass is 9.96. The van der Waals surface area contributed by atoms with E-state index in [2.05, 4.69) is 10.5 Å². The number of halogens is 1. The van der Waals surface area contributed by atoms with Crippen molar-refractivity contribution in [2.24, 2.45) is 17.8 Å². The zero-order valence-corrected chi connectivity index (χ0v) is 18.0. The predicted octanol–water partition coefficient (Wildman–Crippen LogP) is 3.95. The first kappa shape index (κ1) is 20.0. The highest BCUT2D eigenvalue weighted by atomic mass is 35.5. The van der Waals surface area contributed by atoms with Gasteiger partial charge < -0.3 is 19.5 Å². The Balaban J connectivity index is 1.40. The van der Waals surface area contributed by atoms with Gasteiger partial charge in [-0.2, -0.15) is 0 Å². The van der Waals surface area contributed by atoms with Crippen LogP contribution >= 0.6 is 11.6 Å². The highest BCUT2D eigenvalue weighted by molar-refractivity contribution is 6.34. The van der Waals surface area contributed by atoms with Crippen molar-refractivity contribution in [3.8, 4) is 0 Å². The first-order valence-electron chi connectivity index (χ1n) is 9.82. The Bertz CT molecular complexity index is 966. The van der Waals surface area contributed by atoms with Crippen molar-refractivity contribution in [2.75, 3.05) is 13.1 Å². The Morgan fingerprint density at radius 3 is 2.48 bits per heavy atom. The SMILES string of the molecule is CC(C)(C)OC(=O)N1C[C@@H]2[C@H](C1)[C@H]2C(=O)NC(C)(C)c1noc2c(Cl)cccc12. The Kier molecular flexibility index (Phi) is 4.57. The van der Waals surface area contributed by atoms with Gasteiger partial charge in [-0.3, -0.25) is 4.79 Å². The van der Waals surface area contributed by atoms with Crippen LogP contribution in [0.25, 0.3) is 11.0 Å². The molecule has 1 aromatic heterocycles. The average Bonchev–Trinajstić information content (AvgIpc) is 2.96. The number of hydrogen-bond acceptors (Lipinski definition) is 5. The summed E-state index contributed by atoms with van der Waals surface area (Å²) in [5, 5.41) is 8.54. The number of fused-ring (bicyclic) bond motifs is 2. The van der Waals surface area contributed by atoms with Crippen LogP contribution in [0.1, 0.15) is 40.3 Å². The van der Waals surface area contributed by atoms with E-state index in [4.69, 9.17) is 20.9 Å². The number of carbonyl (C=O) groups excluding carboxylic acids is 2. The summed E-state index contributed by atoms with van der Waals surface area (Å²) in [6.07, 6.45) is -0.310. The highest BCUT2D eigenvalue weighted by Gasteiger charge is 2.61. The number of rotatable bonds is 3. The molecule has 8 heteroatoms. The smallest absolute Gasteiger partial charge is 0.410 e. The summed E-state index contributed by atoms with van der Waals surface area (Å²) in [5.41, 5.74) is -0.0739. The van der Waals surface area contributed by atoms with Crippen LogP contribution < -0.4 is 5.32 Å². The van der Waals surface area contributed by atoms with Gasteiger partial charge in [0.05, 0.1) is 10.6 Å². The number of hydrogen-bond donors (Lipinski definition) is 1. The number of nitrogens with one attached hydrogen (secondary N) is 1. The maximum absolute atomic E-state index is 12.9. The monoisotopic (exact) mass is 419 g/mol. The van der Waals surface area contributed by atoms with E-state index in [0.29, 0.717) is 29.4 Å². The number of piperidine rings is 1. The van der Waals surface area contributed by atoms with Gasteiger partial charge in [-0.1, -0.05) is 22.8 Å². The molecule has 2 heterocycles. The van der Waals surface area contributed by atoms with Crippen LogP contribution in [0.15, 0.2) is 22.7 Å². The number of ether oxygens (including phenoxy) is 1. The molecule has 2 amide bonds. The zero-order valence-electron chi connectivity index (χ0n) is 17.3. The van der Waals surface area contributed by atoms with E-state index in [-0.39, 0.29) is 29.8 Å². The Hall–Kier alpha value is -2.28. The van der Waals surface area contributed by atoms with E-state index in [1.165, 1.54) is 0 Å². The number of aromatic nitrogens is 1. The minimum atomic E-state index is -0.714. The molecule has 3 atom stereocenters. The molecule has 1 aromatic carbocycles. The summed E-state index contributed by atoms with van der Waals surface area (Å²) in [5.74, 6) is 0.255. The van der Waals surface area contributed by atoms with Gasteiger partial charge in [0, 0.05) is 24.4 Å². The van der Waals surface area contributed by atoms with Crippen LogP contribution in [0.2, 0.25) is 5.02 Å². The lowest BCUT2D eigenvalue weighted by Crippen LogP contribution is -2.44. The molecule has 156 valence electrons. The summed E-state index contributed by atoms with van der Waals surface area (Å²) in [6, 6.07) is 5.46. The molecule has 2 aliphatic rings. The quantitative estimate of drug-likeness (QED) is 0.814. The first-order chi connectivity index (χ1) is 13.5. The molecule has 0 spiro atoms. The van der Waals surface area contributed by atoms with E-state index >= 15 is 0 Å². The van der Waals surface area contributed by atoms with Gasteiger partial charge in [0.15, 0.2) is 5.58 Å². The normalized spacial score (nSPS) is 23.8. The predicted molar refractivity (Wildman–Crippen MR) is 108 cm³/mol. The minimum absolute atomic E-state index is 0.0213. The third-order valence-corrected chi connectivity index (χ3v) is 5.92. The fourth-order valence-electron chi connectivity index (χ4n) is 4.22. The van der Waals surface area contributed by atoms with Crippen LogP contribution in [0.4, 0.5) is 4.79 Å². The third-order valence-electron chi connectivity index (χ3n) is 5.63. The van der Waals surface area contributed by atoms with Crippen molar-refractivity contribution < 1.29 is 18.8 Å². The second kappa shape index (κ2) is 6.62. The molecule has 0 unspecified atom stereocenters. The fraction of sp³-hybridized carbons (Fsp3) is 0.571. The molecular formula is C21H26ClN3O4. The van der Waals surface area contributed by atoms with Gasteiger partial charge in [0.2, 0.25) is 5.91 Å². The van der Waals surface area contributed by atoms with E-state index in [1.807, 2.05) is 46.8 Å². The van der Waals surface area contributed by atoms with E-state index in [1.54, 1.807) is 11.0 Å². The number of nitrogens with zero attached hydrogens (tertiary/aromatic N) is 2. The maximum Gasteiger partial charge on any atom is 0.410 e. The van der Waals surface area contributed by atoms with Gasteiger partial charge in [-0.25, -0.2) is 4.79 Å². The number of carbonyl (C=O) groups is 2. The lowest BCUT2D eigenvalue weighted by Gasteiger charge is -2.27. The minimum Gasteiger partial charge on any atom is -0.444 e. The molecular weight excluding hydrogens is 394 g/mol. The highest BCUT2D eigenvalue weighted by Crippen LogP contribution is 2.52. The molecule has 2 aromatic rings. The summed E-state index contributed by atoms with van der Waals surface area (Å²) in [7, 11) is 0. The zero-order chi connectivity index (χ0) is 21.1. The van der Waals surface area contributed by atoms with Crippen LogP contribution in [0.5, 0.6) is 0 Å². The van der Waals surface area contributed by atoms with E-state index < -0.39 is 11.1 Å². The average molecular weight is 420 g/mol. The van der Waals surface area contributed by atoms with Crippen molar-refractivity contribution in [3.05, 3.63) is 28.9 Å².